The highest BCUT2D eigenvalue weighted by Crippen LogP contribution is 2.28. The van der Waals surface area contributed by atoms with Crippen LogP contribution in [0.2, 0.25) is 0 Å². The zero-order chi connectivity index (χ0) is 15.3. The topological polar surface area (TPSA) is 55.4 Å². The second-order valence-corrected chi connectivity index (χ2v) is 6.99. The molecule has 1 fully saturated rings. The van der Waals surface area contributed by atoms with Crippen LogP contribution < -0.4 is 10.1 Å². The van der Waals surface area contributed by atoms with Crippen molar-refractivity contribution >= 4 is 9.84 Å². The second kappa shape index (κ2) is 7.17. The van der Waals surface area contributed by atoms with E-state index in [1.807, 2.05) is 0 Å². The van der Waals surface area contributed by atoms with Crippen molar-refractivity contribution < 1.29 is 21.9 Å². The maximum atomic E-state index is 12.6. The summed E-state index contributed by atoms with van der Waals surface area (Å²) in [6.07, 6.45) is 2.99. The Bertz CT molecular complexity index is 557. The van der Waals surface area contributed by atoms with E-state index in [-0.39, 0.29) is 5.75 Å². The maximum Gasteiger partial charge on any atom is 0.341 e. The summed E-state index contributed by atoms with van der Waals surface area (Å²) in [6.45, 7) is 2.26. The van der Waals surface area contributed by atoms with Crippen molar-refractivity contribution in [3.8, 4) is 5.75 Å². The summed E-state index contributed by atoms with van der Waals surface area (Å²) in [6, 6.07) is 5.54. The molecule has 1 aromatic carbocycles. The Morgan fingerprint density at radius 2 is 2.10 bits per heavy atom. The molecule has 1 saturated heterocycles. The van der Waals surface area contributed by atoms with E-state index in [2.05, 4.69) is 5.32 Å². The molecule has 118 valence electrons. The number of sulfone groups is 1. The van der Waals surface area contributed by atoms with Gasteiger partial charge in [-0.05, 0) is 50.4 Å². The molecule has 1 N–H and O–H groups in total. The minimum absolute atomic E-state index is 0.00145. The van der Waals surface area contributed by atoms with Crippen LogP contribution in [-0.2, 0) is 9.84 Å². The van der Waals surface area contributed by atoms with E-state index < -0.39 is 20.5 Å². The van der Waals surface area contributed by atoms with E-state index >= 15 is 0 Å². The van der Waals surface area contributed by atoms with Crippen LogP contribution in [0.1, 0.15) is 19.3 Å². The molecule has 1 aliphatic heterocycles. The Morgan fingerprint density at radius 1 is 1.33 bits per heavy atom. The molecule has 0 aliphatic carbocycles. The van der Waals surface area contributed by atoms with Crippen LogP contribution in [0, 0.1) is 5.92 Å². The van der Waals surface area contributed by atoms with Gasteiger partial charge in [0.1, 0.15) is 10.6 Å². The standard InChI is InChI=1S/C14H19F2NO3S/c15-14(16)21(18,19)13-6-2-1-5-12(13)20-9-7-11-4-3-8-17-10-11/h1-2,5-6,11,14,17H,3-4,7-10H2. The third-order valence-corrected chi connectivity index (χ3v) is 4.99. The molecule has 0 spiro atoms. The van der Waals surface area contributed by atoms with Crippen molar-refractivity contribution in [3.05, 3.63) is 24.3 Å². The van der Waals surface area contributed by atoms with Crippen molar-refractivity contribution in [1.82, 2.24) is 5.32 Å². The van der Waals surface area contributed by atoms with Crippen molar-refractivity contribution in [2.75, 3.05) is 19.7 Å². The van der Waals surface area contributed by atoms with E-state index in [1.54, 1.807) is 6.07 Å². The lowest BCUT2D eigenvalue weighted by molar-refractivity contribution is 0.231. The van der Waals surface area contributed by atoms with Crippen molar-refractivity contribution in [3.63, 3.8) is 0 Å². The Kier molecular flexibility index (Phi) is 5.52. The predicted molar refractivity (Wildman–Crippen MR) is 75.3 cm³/mol. The number of para-hydroxylation sites is 1. The van der Waals surface area contributed by atoms with Crippen molar-refractivity contribution in [2.24, 2.45) is 5.92 Å². The van der Waals surface area contributed by atoms with E-state index in [0.29, 0.717) is 12.5 Å². The van der Waals surface area contributed by atoms with Crippen molar-refractivity contribution in [2.45, 2.75) is 29.9 Å². The molecule has 0 amide bonds. The summed E-state index contributed by atoms with van der Waals surface area (Å²) in [5, 5.41) is 3.28. The molecular formula is C14H19F2NO3S. The second-order valence-electron chi connectivity index (χ2n) is 5.10. The van der Waals surface area contributed by atoms with Crippen LogP contribution in [0.5, 0.6) is 5.75 Å². The summed E-state index contributed by atoms with van der Waals surface area (Å²) in [7, 11) is -4.63. The minimum Gasteiger partial charge on any atom is -0.492 e. The average molecular weight is 319 g/mol. The first kappa shape index (κ1) is 16.2. The number of rotatable bonds is 6. The van der Waals surface area contributed by atoms with Gasteiger partial charge in [0.15, 0.2) is 0 Å². The van der Waals surface area contributed by atoms with E-state index in [1.165, 1.54) is 12.1 Å². The van der Waals surface area contributed by atoms with Gasteiger partial charge in [-0.2, -0.15) is 8.78 Å². The molecule has 7 heteroatoms. The first-order chi connectivity index (χ1) is 10.0. The molecule has 21 heavy (non-hydrogen) atoms. The number of piperidine rings is 1. The van der Waals surface area contributed by atoms with Gasteiger partial charge in [0.25, 0.3) is 0 Å². The summed E-state index contributed by atoms with van der Waals surface area (Å²) in [5.74, 6) is -2.95. The SMILES string of the molecule is O=S(=O)(c1ccccc1OCCC1CCCNC1)C(F)F. The van der Waals surface area contributed by atoms with Gasteiger partial charge in [-0.15, -0.1) is 0 Å². The molecule has 0 radical (unpaired) electrons. The molecule has 4 nitrogen and oxygen atoms in total. The Labute approximate surface area is 123 Å². The highest BCUT2D eigenvalue weighted by Gasteiger charge is 2.29. The normalized spacial score (nSPS) is 19.7. The maximum absolute atomic E-state index is 12.6. The van der Waals surface area contributed by atoms with Gasteiger partial charge in [-0.25, -0.2) is 8.42 Å². The number of benzene rings is 1. The lowest BCUT2D eigenvalue weighted by Crippen LogP contribution is -2.30. The molecule has 1 aromatic rings. The van der Waals surface area contributed by atoms with Crippen LogP contribution in [0.4, 0.5) is 8.78 Å². The third kappa shape index (κ3) is 4.14. The number of alkyl halides is 2. The first-order valence-corrected chi connectivity index (χ1v) is 8.51. The van der Waals surface area contributed by atoms with Crippen LogP contribution in [0.15, 0.2) is 29.2 Å². The summed E-state index contributed by atoms with van der Waals surface area (Å²) in [4.78, 5) is -0.443. The van der Waals surface area contributed by atoms with Crippen LogP contribution in [-0.4, -0.2) is 33.9 Å². The van der Waals surface area contributed by atoms with E-state index in [9.17, 15) is 17.2 Å². The van der Waals surface area contributed by atoms with Gasteiger partial charge in [-0.3, -0.25) is 0 Å². The fourth-order valence-corrected chi connectivity index (χ4v) is 3.27. The van der Waals surface area contributed by atoms with Gasteiger partial charge in [0.05, 0.1) is 6.61 Å². The number of nitrogens with one attached hydrogen (secondary N) is 1. The Balaban J connectivity index is 2.00. The summed E-state index contributed by atoms with van der Waals surface area (Å²) >= 11 is 0. The largest absolute Gasteiger partial charge is 0.492 e. The van der Waals surface area contributed by atoms with E-state index in [0.717, 1.165) is 38.4 Å². The molecule has 1 aliphatic rings. The molecule has 0 aromatic heterocycles. The molecule has 0 saturated carbocycles. The fraction of sp³-hybridized carbons (Fsp3) is 0.571. The molecule has 1 unspecified atom stereocenters. The van der Waals surface area contributed by atoms with Crippen molar-refractivity contribution in [1.29, 1.82) is 0 Å². The predicted octanol–water partition coefficient (Wildman–Crippen LogP) is 2.45. The third-order valence-electron chi connectivity index (χ3n) is 3.57. The van der Waals surface area contributed by atoms with Gasteiger partial charge in [-0.1, -0.05) is 12.1 Å². The number of hydrogen-bond donors (Lipinski definition) is 1. The van der Waals surface area contributed by atoms with Gasteiger partial charge in [0.2, 0.25) is 9.84 Å². The summed E-state index contributed by atoms with van der Waals surface area (Å²) < 4.78 is 53.9. The lowest BCUT2D eigenvalue weighted by Gasteiger charge is -2.22. The van der Waals surface area contributed by atoms with Crippen LogP contribution in [0.3, 0.4) is 0 Å². The molecule has 2 rings (SSSR count). The summed E-state index contributed by atoms with van der Waals surface area (Å²) in [5.41, 5.74) is 0. The molecule has 0 bridgehead atoms. The fourth-order valence-electron chi connectivity index (χ4n) is 2.41. The Morgan fingerprint density at radius 3 is 2.76 bits per heavy atom. The number of halogens is 2. The lowest BCUT2D eigenvalue weighted by atomic mass is 9.97. The van der Waals surface area contributed by atoms with Crippen LogP contribution in [0.25, 0.3) is 0 Å². The van der Waals surface area contributed by atoms with Gasteiger partial charge < -0.3 is 10.1 Å². The smallest absolute Gasteiger partial charge is 0.341 e. The molecular weight excluding hydrogens is 300 g/mol. The monoisotopic (exact) mass is 319 g/mol. The zero-order valence-corrected chi connectivity index (χ0v) is 12.4. The highest BCUT2D eigenvalue weighted by molar-refractivity contribution is 7.91. The highest BCUT2D eigenvalue weighted by atomic mass is 32.2. The van der Waals surface area contributed by atoms with E-state index in [4.69, 9.17) is 4.74 Å². The zero-order valence-electron chi connectivity index (χ0n) is 11.6. The van der Waals surface area contributed by atoms with Crippen LogP contribution >= 0.6 is 0 Å². The van der Waals surface area contributed by atoms with Gasteiger partial charge >= 0.3 is 5.76 Å². The quantitative estimate of drug-likeness (QED) is 0.875. The molecule has 1 heterocycles. The molecule has 1 atom stereocenters. The number of ether oxygens (including phenoxy) is 1. The van der Waals surface area contributed by atoms with Gasteiger partial charge in [0, 0.05) is 0 Å². The first-order valence-electron chi connectivity index (χ1n) is 6.96. The average Bonchev–Trinajstić information content (AvgIpc) is 2.48. The Hall–Kier alpha value is -1.21. The number of hydrogen-bond acceptors (Lipinski definition) is 4. The minimum atomic E-state index is -4.63.